The number of aromatic nitrogens is 2. The van der Waals surface area contributed by atoms with Crippen molar-refractivity contribution in [2.45, 2.75) is 12.8 Å². The predicted molar refractivity (Wildman–Crippen MR) is 70.5 cm³/mol. The highest BCUT2D eigenvalue weighted by Crippen LogP contribution is 2.22. The van der Waals surface area contributed by atoms with Gasteiger partial charge in [-0.25, -0.2) is 4.98 Å². The molecule has 0 aromatic carbocycles. The number of amides is 1. The van der Waals surface area contributed by atoms with Gasteiger partial charge < -0.3 is 15.5 Å². The number of nitrogens with two attached hydrogens (primary N) is 1. The summed E-state index contributed by atoms with van der Waals surface area (Å²) in [7, 11) is 1.77. The lowest BCUT2D eigenvalue weighted by molar-refractivity contribution is -0.128. The second-order valence-corrected chi connectivity index (χ2v) is 4.75. The van der Waals surface area contributed by atoms with Gasteiger partial charge in [-0.05, 0) is 12.8 Å². The lowest BCUT2D eigenvalue weighted by atomic mass is 10.4. The summed E-state index contributed by atoms with van der Waals surface area (Å²) in [4.78, 5) is 23.4. The average molecular weight is 270 g/mol. The fourth-order valence-electron chi connectivity index (χ4n) is 1.98. The maximum absolute atomic E-state index is 12.0. The third-order valence-corrected chi connectivity index (χ3v) is 3.20. The van der Waals surface area contributed by atoms with E-state index in [2.05, 4.69) is 9.97 Å². The van der Waals surface area contributed by atoms with Crippen LogP contribution >= 0.6 is 11.6 Å². The SMILES string of the molecule is CN(CC(=O)N1CCCC1)c1nc(N)ncc1Cl. The van der Waals surface area contributed by atoms with Gasteiger partial charge in [-0.2, -0.15) is 4.98 Å². The molecule has 98 valence electrons. The molecule has 18 heavy (non-hydrogen) atoms. The minimum atomic E-state index is 0.0863. The van der Waals surface area contributed by atoms with Crippen LogP contribution in [0, 0.1) is 0 Å². The molecule has 0 spiro atoms. The Labute approximate surface area is 111 Å². The molecule has 6 nitrogen and oxygen atoms in total. The van der Waals surface area contributed by atoms with Crippen LogP contribution in [-0.4, -0.2) is 47.5 Å². The zero-order valence-corrected chi connectivity index (χ0v) is 11.0. The summed E-state index contributed by atoms with van der Waals surface area (Å²) in [5.41, 5.74) is 5.52. The van der Waals surface area contributed by atoms with Crippen molar-refractivity contribution >= 4 is 29.3 Å². The van der Waals surface area contributed by atoms with Crippen molar-refractivity contribution in [2.75, 3.05) is 37.3 Å². The fraction of sp³-hybridized carbons (Fsp3) is 0.545. The van der Waals surface area contributed by atoms with Gasteiger partial charge >= 0.3 is 0 Å². The number of nitrogens with zero attached hydrogens (tertiary/aromatic N) is 4. The Hall–Kier alpha value is -1.56. The van der Waals surface area contributed by atoms with Gasteiger partial charge in [-0.3, -0.25) is 4.79 Å². The molecule has 0 aliphatic carbocycles. The molecule has 1 amide bonds. The molecule has 1 aliphatic rings. The lowest BCUT2D eigenvalue weighted by Gasteiger charge is -2.22. The summed E-state index contributed by atoms with van der Waals surface area (Å²) in [6.07, 6.45) is 3.60. The quantitative estimate of drug-likeness (QED) is 0.877. The van der Waals surface area contributed by atoms with Gasteiger partial charge in [0.1, 0.15) is 5.02 Å². The highest BCUT2D eigenvalue weighted by molar-refractivity contribution is 6.32. The van der Waals surface area contributed by atoms with Crippen LogP contribution in [0.15, 0.2) is 6.20 Å². The Kier molecular flexibility index (Phi) is 3.86. The van der Waals surface area contributed by atoms with Crippen molar-refractivity contribution in [1.29, 1.82) is 0 Å². The minimum Gasteiger partial charge on any atom is -0.368 e. The predicted octanol–water partition coefficient (Wildman–Crippen LogP) is 0.771. The summed E-state index contributed by atoms with van der Waals surface area (Å²) < 4.78 is 0. The number of halogens is 1. The normalized spacial score (nSPS) is 14.9. The number of rotatable bonds is 3. The molecule has 1 aliphatic heterocycles. The molecule has 1 aromatic heterocycles. The van der Waals surface area contributed by atoms with Crippen LogP contribution < -0.4 is 10.6 Å². The number of carbonyl (C=O) groups excluding carboxylic acids is 1. The molecule has 0 unspecified atom stereocenters. The second-order valence-electron chi connectivity index (χ2n) is 4.34. The molecule has 1 aromatic rings. The first-order valence-corrected chi connectivity index (χ1v) is 6.22. The Morgan fingerprint density at radius 3 is 2.89 bits per heavy atom. The monoisotopic (exact) mass is 269 g/mol. The van der Waals surface area contributed by atoms with E-state index in [-0.39, 0.29) is 18.4 Å². The first-order chi connectivity index (χ1) is 8.58. The van der Waals surface area contributed by atoms with Crippen LogP contribution in [0.4, 0.5) is 11.8 Å². The molecular weight excluding hydrogens is 254 g/mol. The molecule has 0 saturated carbocycles. The van der Waals surface area contributed by atoms with E-state index in [1.54, 1.807) is 11.9 Å². The van der Waals surface area contributed by atoms with E-state index < -0.39 is 0 Å². The highest BCUT2D eigenvalue weighted by Gasteiger charge is 2.20. The first kappa shape index (κ1) is 12.9. The topological polar surface area (TPSA) is 75.4 Å². The summed E-state index contributed by atoms with van der Waals surface area (Å²) in [6.45, 7) is 1.93. The average Bonchev–Trinajstić information content (AvgIpc) is 2.85. The molecule has 2 heterocycles. The van der Waals surface area contributed by atoms with Crippen LogP contribution in [0.3, 0.4) is 0 Å². The van der Waals surface area contributed by atoms with Gasteiger partial charge in [-0.15, -0.1) is 0 Å². The van der Waals surface area contributed by atoms with E-state index in [1.807, 2.05) is 4.90 Å². The molecule has 1 saturated heterocycles. The van der Waals surface area contributed by atoms with Crippen molar-refractivity contribution in [2.24, 2.45) is 0 Å². The molecule has 0 radical (unpaired) electrons. The van der Waals surface area contributed by atoms with E-state index in [4.69, 9.17) is 17.3 Å². The third kappa shape index (κ3) is 2.81. The number of likely N-dealkylation sites (tertiary alicyclic amines) is 1. The molecular formula is C11H16ClN5O. The Morgan fingerprint density at radius 2 is 2.22 bits per heavy atom. The molecule has 1 fully saturated rings. The summed E-state index contributed by atoms with van der Waals surface area (Å²) in [6, 6.07) is 0. The van der Waals surface area contributed by atoms with Gasteiger partial charge in [0.05, 0.1) is 12.7 Å². The standard InChI is InChI=1S/C11H16ClN5O/c1-16(7-9(18)17-4-2-3-5-17)10-8(12)6-14-11(13)15-10/h6H,2-5,7H2,1H3,(H2,13,14,15). The Bertz CT molecular complexity index is 447. The number of hydrogen-bond donors (Lipinski definition) is 1. The molecule has 7 heteroatoms. The second kappa shape index (κ2) is 5.39. The molecule has 0 bridgehead atoms. The van der Waals surface area contributed by atoms with E-state index in [9.17, 15) is 4.79 Å². The van der Waals surface area contributed by atoms with Crippen molar-refractivity contribution in [1.82, 2.24) is 14.9 Å². The van der Waals surface area contributed by atoms with Crippen LogP contribution in [0.25, 0.3) is 0 Å². The van der Waals surface area contributed by atoms with Gasteiger partial charge in [-0.1, -0.05) is 11.6 Å². The first-order valence-electron chi connectivity index (χ1n) is 5.85. The van der Waals surface area contributed by atoms with Crippen LogP contribution in [-0.2, 0) is 4.79 Å². The van der Waals surface area contributed by atoms with Gasteiger partial charge in [0.2, 0.25) is 11.9 Å². The number of nitrogen functional groups attached to an aromatic ring is 1. The Balaban J connectivity index is 2.04. The van der Waals surface area contributed by atoms with Gasteiger partial charge in [0.25, 0.3) is 0 Å². The summed E-state index contributed by atoms with van der Waals surface area (Å²) in [5.74, 6) is 0.717. The zero-order chi connectivity index (χ0) is 13.1. The minimum absolute atomic E-state index is 0.0863. The van der Waals surface area contributed by atoms with Gasteiger partial charge in [0.15, 0.2) is 5.82 Å². The Morgan fingerprint density at radius 1 is 1.56 bits per heavy atom. The van der Waals surface area contributed by atoms with E-state index in [0.717, 1.165) is 25.9 Å². The maximum Gasteiger partial charge on any atom is 0.242 e. The molecule has 0 atom stereocenters. The number of carbonyl (C=O) groups is 1. The smallest absolute Gasteiger partial charge is 0.242 e. The molecule has 2 N–H and O–H groups in total. The number of hydrogen-bond acceptors (Lipinski definition) is 5. The summed E-state index contributed by atoms with van der Waals surface area (Å²) in [5, 5.41) is 0.390. The lowest BCUT2D eigenvalue weighted by Crippen LogP contribution is -2.37. The number of anilines is 2. The van der Waals surface area contributed by atoms with Gasteiger partial charge in [0, 0.05) is 20.1 Å². The van der Waals surface area contributed by atoms with Crippen molar-refractivity contribution in [3.05, 3.63) is 11.2 Å². The van der Waals surface area contributed by atoms with Crippen molar-refractivity contribution in [3.63, 3.8) is 0 Å². The highest BCUT2D eigenvalue weighted by atomic mass is 35.5. The molecule has 2 rings (SSSR count). The van der Waals surface area contributed by atoms with E-state index in [1.165, 1.54) is 6.20 Å². The van der Waals surface area contributed by atoms with Crippen molar-refractivity contribution in [3.8, 4) is 0 Å². The maximum atomic E-state index is 12.0. The zero-order valence-electron chi connectivity index (χ0n) is 10.3. The van der Waals surface area contributed by atoms with Crippen LogP contribution in [0.5, 0.6) is 0 Å². The van der Waals surface area contributed by atoms with Crippen LogP contribution in [0.2, 0.25) is 5.02 Å². The van der Waals surface area contributed by atoms with Crippen molar-refractivity contribution < 1.29 is 4.79 Å². The largest absolute Gasteiger partial charge is 0.368 e. The third-order valence-electron chi connectivity index (χ3n) is 2.94. The van der Waals surface area contributed by atoms with Crippen LogP contribution in [0.1, 0.15) is 12.8 Å². The fourth-order valence-corrected chi connectivity index (χ4v) is 2.22. The number of likely N-dealkylation sites (N-methyl/N-ethyl adjacent to an activating group) is 1. The summed E-state index contributed by atoms with van der Waals surface area (Å²) >= 11 is 5.99. The van der Waals surface area contributed by atoms with E-state index in [0.29, 0.717) is 10.8 Å². The van der Waals surface area contributed by atoms with E-state index >= 15 is 0 Å².